The number of hydrogen-bond donors (Lipinski definition) is 1. The van der Waals surface area contributed by atoms with Crippen LogP contribution < -0.4 is 10.1 Å². The van der Waals surface area contributed by atoms with Crippen molar-refractivity contribution in [2.24, 2.45) is 0 Å². The van der Waals surface area contributed by atoms with Gasteiger partial charge >= 0.3 is 12.1 Å². The molecule has 7 nitrogen and oxygen atoms in total. The monoisotopic (exact) mass is 454 g/mol. The Morgan fingerprint density at radius 2 is 2.00 bits per heavy atom. The number of allylic oxidation sites excluding steroid dienone is 1. The summed E-state index contributed by atoms with van der Waals surface area (Å²) in [6.07, 6.45) is 6.30. The van der Waals surface area contributed by atoms with Crippen LogP contribution >= 0.6 is 0 Å². The normalized spacial score (nSPS) is 11.9. The lowest BCUT2D eigenvalue weighted by Crippen LogP contribution is -2.36. The van der Waals surface area contributed by atoms with Gasteiger partial charge in [-0.05, 0) is 63.8 Å². The van der Waals surface area contributed by atoms with Crippen molar-refractivity contribution in [1.29, 1.82) is 0 Å². The van der Waals surface area contributed by atoms with Crippen LogP contribution in [0.2, 0.25) is 0 Å². The fourth-order valence-electron chi connectivity index (χ4n) is 3.28. The van der Waals surface area contributed by atoms with E-state index in [1.807, 2.05) is 37.3 Å². The number of amides is 1. The van der Waals surface area contributed by atoms with Crippen LogP contribution in [0.15, 0.2) is 49.3 Å². The van der Waals surface area contributed by atoms with Crippen LogP contribution in [-0.2, 0) is 14.3 Å². The molecule has 0 aliphatic heterocycles. The summed E-state index contributed by atoms with van der Waals surface area (Å²) in [6, 6.07) is 7.11. The quantitative estimate of drug-likeness (QED) is 0.288. The highest BCUT2D eigenvalue weighted by molar-refractivity contribution is 5.76. The molecule has 0 bridgehead atoms. The van der Waals surface area contributed by atoms with Crippen molar-refractivity contribution in [3.8, 4) is 16.9 Å². The van der Waals surface area contributed by atoms with Crippen molar-refractivity contribution < 1.29 is 23.8 Å². The molecular formula is C26H34N2O5. The zero-order valence-corrected chi connectivity index (χ0v) is 20.1. The van der Waals surface area contributed by atoms with E-state index in [1.165, 1.54) is 7.11 Å². The maximum absolute atomic E-state index is 12.4. The second kappa shape index (κ2) is 12.0. The molecule has 0 fully saturated rings. The predicted octanol–water partition coefficient (Wildman–Crippen LogP) is 5.53. The van der Waals surface area contributed by atoms with E-state index in [-0.39, 0.29) is 6.42 Å². The lowest BCUT2D eigenvalue weighted by molar-refractivity contribution is -0.141. The number of pyridine rings is 1. The van der Waals surface area contributed by atoms with E-state index in [1.54, 1.807) is 33.2 Å². The second-order valence-electron chi connectivity index (χ2n) is 8.71. The first-order chi connectivity index (χ1) is 15.6. The van der Waals surface area contributed by atoms with Gasteiger partial charge in [0.05, 0.1) is 26.2 Å². The molecule has 178 valence electrons. The molecule has 1 aromatic heterocycles. The van der Waals surface area contributed by atoms with Gasteiger partial charge in [-0.2, -0.15) is 0 Å². The lowest BCUT2D eigenvalue weighted by Gasteiger charge is -2.23. The Morgan fingerprint density at radius 3 is 2.67 bits per heavy atom. The maximum Gasteiger partial charge on any atom is 0.408 e. The summed E-state index contributed by atoms with van der Waals surface area (Å²) >= 11 is 0. The number of ether oxygens (including phenoxy) is 3. The predicted molar refractivity (Wildman–Crippen MR) is 128 cm³/mol. The lowest BCUT2D eigenvalue weighted by atomic mass is 9.97. The molecule has 1 N–H and O–H groups in total. The van der Waals surface area contributed by atoms with Crippen LogP contribution in [0.25, 0.3) is 11.1 Å². The molecule has 1 heterocycles. The SMILES string of the molecule is C=CCCCOc1cccc(C)c1-c1cncc(C(CC(=O)OC)NC(=O)OC(C)(C)C)c1. The van der Waals surface area contributed by atoms with Gasteiger partial charge < -0.3 is 19.5 Å². The summed E-state index contributed by atoms with van der Waals surface area (Å²) < 4.78 is 16.2. The van der Waals surface area contributed by atoms with Crippen molar-refractivity contribution in [3.05, 3.63) is 60.4 Å². The number of unbranched alkanes of at least 4 members (excludes halogenated alkanes) is 1. The molecule has 0 spiro atoms. The molecule has 1 aromatic carbocycles. The fraction of sp³-hybridized carbons (Fsp3) is 0.423. The summed E-state index contributed by atoms with van der Waals surface area (Å²) in [5.41, 5.74) is 2.76. The van der Waals surface area contributed by atoms with Gasteiger partial charge in [-0.1, -0.05) is 18.2 Å². The third-order valence-corrected chi connectivity index (χ3v) is 4.78. The van der Waals surface area contributed by atoms with E-state index in [0.717, 1.165) is 35.3 Å². The number of alkyl carbamates (subject to hydrolysis) is 1. The van der Waals surface area contributed by atoms with E-state index < -0.39 is 23.7 Å². The summed E-state index contributed by atoms with van der Waals surface area (Å²) in [5.74, 6) is 0.297. The summed E-state index contributed by atoms with van der Waals surface area (Å²) in [4.78, 5) is 28.8. The molecule has 0 saturated carbocycles. The largest absolute Gasteiger partial charge is 0.493 e. The molecule has 1 amide bonds. The van der Waals surface area contributed by atoms with Crippen LogP contribution in [0.1, 0.15) is 57.2 Å². The molecule has 0 saturated heterocycles. The minimum Gasteiger partial charge on any atom is -0.493 e. The van der Waals surface area contributed by atoms with Crippen LogP contribution in [0.5, 0.6) is 5.75 Å². The number of rotatable bonds is 10. The van der Waals surface area contributed by atoms with Crippen LogP contribution in [0.4, 0.5) is 4.79 Å². The van der Waals surface area contributed by atoms with Gasteiger partial charge in [0.1, 0.15) is 11.4 Å². The van der Waals surface area contributed by atoms with E-state index in [0.29, 0.717) is 12.2 Å². The molecule has 2 rings (SSSR count). The average Bonchev–Trinajstić information content (AvgIpc) is 2.75. The number of carbonyl (C=O) groups excluding carboxylic acids is 2. The number of hydrogen-bond acceptors (Lipinski definition) is 6. The highest BCUT2D eigenvalue weighted by Crippen LogP contribution is 2.34. The standard InChI is InChI=1S/C26H34N2O5/c1-7-8-9-13-32-22-12-10-11-18(2)24(22)20-14-19(16-27-17-20)21(15-23(29)31-6)28-25(30)33-26(3,4)5/h7,10-12,14,16-17,21H,1,8-9,13,15H2,2-6H3,(H,28,30). The summed E-state index contributed by atoms with van der Waals surface area (Å²) in [6.45, 7) is 11.6. The third-order valence-electron chi connectivity index (χ3n) is 4.78. The molecule has 0 radical (unpaired) electrons. The summed E-state index contributed by atoms with van der Waals surface area (Å²) in [7, 11) is 1.31. The number of nitrogens with one attached hydrogen (secondary N) is 1. The van der Waals surface area contributed by atoms with E-state index in [4.69, 9.17) is 14.2 Å². The number of methoxy groups -OCH3 is 1. The topological polar surface area (TPSA) is 86.8 Å². The maximum atomic E-state index is 12.4. The second-order valence-corrected chi connectivity index (χ2v) is 8.71. The van der Waals surface area contributed by atoms with Gasteiger partial charge in [0.15, 0.2) is 0 Å². The molecule has 0 aliphatic rings. The first-order valence-electron chi connectivity index (χ1n) is 11.0. The molecule has 0 aliphatic carbocycles. The number of aromatic nitrogens is 1. The van der Waals surface area contributed by atoms with E-state index in [2.05, 4.69) is 16.9 Å². The van der Waals surface area contributed by atoms with Crippen molar-refractivity contribution in [2.75, 3.05) is 13.7 Å². The Hall–Kier alpha value is -3.35. The van der Waals surface area contributed by atoms with Gasteiger partial charge in [0.2, 0.25) is 0 Å². The minimum atomic E-state index is -0.668. The van der Waals surface area contributed by atoms with Gasteiger partial charge in [0, 0.05) is 23.5 Å². The summed E-state index contributed by atoms with van der Waals surface area (Å²) in [5, 5.41) is 2.77. The number of carbonyl (C=O) groups is 2. The smallest absolute Gasteiger partial charge is 0.408 e. The first kappa shape index (κ1) is 25.9. The van der Waals surface area contributed by atoms with E-state index >= 15 is 0 Å². The Bertz CT molecular complexity index is 965. The third kappa shape index (κ3) is 8.25. The van der Waals surface area contributed by atoms with E-state index in [9.17, 15) is 9.59 Å². The highest BCUT2D eigenvalue weighted by atomic mass is 16.6. The molecule has 1 atom stereocenters. The van der Waals surface area contributed by atoms with Crippen molar-refractivity contribution in [2.45, 2.75) is 58.6 Å². The molecular weight excluding hydrogens is 420 g/mol. The molecule has 7 heteroatoms. The van der Waals surface area contributed by atoms with Gasteiger partial charge in [-0.25, -0.2) is 4.79 Å². The fourth-order valence-corrected chi connectivity index (χ4v) is 3.28. The van der Waals surface area contributed by atoms with Crippen LogP contribution in [0, 0.1) is 6.92 Å². The van der Waals surface area contributed by atoms with Gasteiger partial charge in [-0.15, -0.1) is 6.58 Å². The average molecular weight is 455 g/mol. The van der Waals surface area contributed by atoms with Crippen molar-refractivity contribution >= 4 is 12.1 Å². The zero-order valence-electron chi connectivity index (χ0n) is 20.1. The number of aryl methyl sites for hydroxylation is 1. The number of nitrogens with zero attached hydrogens (tertiary/aromatic N) is 1. The van der Waals surface area contributed by atoms with Crippen LogP contribution in [0.3, 0.4) is 0 Å². The minimum absolute atomic E-state index is 0.0560. The molecule has 1 unspecified atom stereocenters. The Morgan fingerprint density at radius 1 is 1.24 bits per heavy atom. The Labute approximate surface area is 196 Å². The zero-order chi connectivity index (χ0) is 24.4. The van der Waals surface area contributed by atoms with Crippen molar-refractivity contribution in [3.63, 3.8) is 0 Å². The molecule has 33 heavy (non-hydrogen) atoms. The number of esters is 1. The Balaban J connectivity index is 2.37. The van der Waals surface area contributed by atoms with Gasteiger partial charge in [-0.3, -0.25) is 9.78 Å². The number of benzene rings is 1. The van der Waals surface area contributed by atoms with Gasteiger partial charge in [0.25, 0.3) is 0 Å². The molecule has 2 aromatic rings. The first-order valence-corrected chi connectivity index (χ1v) is 11.0. The van der Waals surface area contributed by atoms with Crippen LogP contribution in [-0.4, -0.2) is 36.4 Å². The Kier molecular flexibility index (Phi) is 9.45. The highest BCUT2D eigenvalue weighted by Gasteiger charge is 2.24. The van der Waals surface area contributed by atoms with Crippen molar-refractivity contribution in [1.82, 2.24) is 10.3 Å².